The summed E-state index contributed by atoms with van der Waals surface area (Å²) in [5.41, 5.74) is 0. The third-order valence-corrected chi connectivity index (χ3v) is 3.72. The number of aliphatic hydroxyl groups excluding tert-OH is 1. The van der Waals surface area contributed by atoms with Crippen LogP contribution in [0.1, 0.15) is 39.0 Å². The summed E-state index contributed by atoms with van der Waals surface area (Å²) in [6.07, 6.45) is 5.36. The van der Waals surface area contributed by atoms with Gasteiger partial charge in [0, 0.05) is 25.9 Å². The highest BCUT2D eigenvalue weighted by Gasteiger charge is 2.43. The van der Waals surface area contributed by atoms with E-state index in [9.17, 15) is 5.11 Å². The Balaban J connectivity index is 1.70. The molecule has 0 radical (unpaired) electrons. The van der Waals surface area contributed by atoms with Crippen molar-refractivity contribution in [3.8, 4) is 0 Å². The van der Waals surface area contributed by atoms with Crippen molar-refractivity contribution in [2.45, 2.75) is 57.0 Å². The molecule has 0 aromatic rings. The molecule has 4 nitrogen and oxygen atoms in total. The van der Waals surface area contributed by atoms with Gasteiger partial charge in [-0.25, -0.2) is 0 Å². The van der Waals surface area contributed by atoms with Crippen molar-refractivity contribution < 1.29 is 14.6 Å². The van der Waals surface area contributed by atoms with Crippen LogP contribution in [0.5, 0.6) is 0 Å². The Hall–Kier alpha value is -0.160. The molecule has 0 bridgehead atoms. The second kappa shape index (κ2) is 5.65. The van der Waals surface area contributed by atoms with Gasteiger partial charge in [0.25, 0.3) is 0 Å². The zero-order valence-electron chi connectivity index (χ0n) is 11.0. The first-order valence-corrected chi connectivity index (χ1v) is 6.78. The van der Waals surface area contributed by atoms with Crippen molar-refractivity contribution in [3.63, 3.8) is 0 Å². The van der Waals surface area contributed by atoms with E-state index in [0.717, 1.165) is 39.0 Å². The molecule has 1 heterocycles. The van der Waals surface area contributed by atoms with E-state index in [4.69, 9.17) is 9.47 Å². The second-order valence-corrected chi connectivity index (χ2v) is 5.57. The average Bonchev–Trinajstić information content (AvgIpc) is 2.87. The van der Waals surface area contributed by atoms with Crippen LogP contribution in [-0.4, -0.2) is 54.7 Å². The molecule has 1 aliphatic carbocycles. The molecule has 2 fully saturated rings. The van der Waals surface area contributed by atoms with Crippen molar-refractivity contribution >= 4 is 0 Å². The Morgan fingerprint density at radius 3 is 2.76 bits per heavy atom. The number of hydrogen-bond acceptors (Lipinski definition) is 4. The van der Waals surface area contributed by atoms with Gasteiger partial charge < -0.3 is 19.5 Å². The van der Waals surface area contributed by atoms with Crippen LogP contribution in [-0.2, 0) is 9.47 Å². The first-order valence-electron chi connectivity index (χ1n) is 6.78. The first kappa shape index (κ1) is 13.3. The smallest absolute Gasteiger partial charge is 0.168 e. The van der Waals surface area contributed by atoms with Crippen LogP contribution in [0, 0.1) is 0 Å². The van der Waals surface area contributed by atoms with Gasteiger partial charge in [-0.2, -0.15) is 0 Å². The topological polar surface area (TPSA) is 41.9 Å². The highest BCUT2D eigenvalue weighted by Crippen LogP contribution is 2.39. The van der Waals surface area contributed by atoms with Crippen LogP contribution in [0.2, 0.25) is 0 Å². The molecular weight excluding hydrogens is 218 g/mol. The largest absolute Gasteiger partial charge is 0.393 e. The summed E-state index contributed by atoms with van der Waals surface area (Å²) in [5, 5.41) is 9.25. The fraction of sp³-hybridized carbons (Fsp3) is 1.00. The zero-order chi connectivity index (χ0) is 12.3. The van der Waals surface area contributed by atoms with Gasteiger partial charge in [0.1, 0.15) is 0 Å². The predicted octanol–water partition coefficient (Wildman–Crippen LogP) is 1.37. The maximum atomic E-state index is 9.25. The molecule has 2 rings (SSSR count). The molecule has 17 heavy (non-hydrogen) atoms. The second-order valence-electron chi connectivity index (χ2n) is 5.57. The van der Waals surface area contributed by atoms with Gasteiger partial charge in [-0.05, 0) is 33.2 Å². The van der Waals surface area contributed by atoms with Gasteiger partial charge in [0.15, 0.2) is 5.79 Å². The quantitative estimate of drug-likeness (QED) is 0.792. The average molecular weight is 243 g/mol. The molecule has 1 saturated carbocycles. The Kier molecular flexibility index (Phi) is 4.42. The highest BCUT2D eigenvalue weighted by atomic mass is 16.7. The molecular formula is C13H25NO3. The first-order chi connectivity index (χ1) is 8.10. The summed E-state index contributed by atoms with van der Waals surface area (Å²) in [4.78, 5) is 2.22. The molecule has 2 atom stereocenters. The lowest BCUT2D eigenvalue weighted by atomic mass is 10.2. The normalized spacial score (nSPS) is 29.3. The number of hydrogen-bond donors (Lipinski definition) is 1. The van der Waals surface area contributed by atoms with Gasteiger partial charge in [-0.1, -0.05) is 0 Å². The molecule has 0 aromatic carbocycles. The summed E-state index contributed by atoms with van der Waals surface area (Å²) < 4.78 is 11.9. The minimum atomic E-state index is -0.240. The van der Waals surface area contributed by atoms with Crippen LogP contribution in [0.4, 0.5) is 0 Å². The van der Waals surface area contributed by atoms with Crippen molar-refractivity contribution in [1.82, 2.24) is 4.90 Å². The van der Waals surface area contributed by atoms with E-state index in [1.807, 2.05) is 6.92 Å². The fourth-order valence-corrected chi connectivity index (χ4v) is 2.73. The number of likely N-dealkylation sites (N-methyl/N-ethyl adjacent to an activating group) is 1. The minimum Gasteiger partial charge on any atom is -0.393 e. The Morgan fingerprint density at radius 2 is 2.12 bits per heavy atom. The zero-order valence-corrected chi connectivity index (χ0v) is 11.0. The Labute approximate surface area is 104 Å². The van der Waals surface area contributed by atoms with Crippen LogP contribution in [0.15, 0.2) is 0 Å². The standard InChI is InChI=1S/C13H25NO3/c1-11(15)5-8-14(2)9-12-10-16-13(17-12)6-3-4-7-13/h11-12,15H,3-10H2,1-2H3. The van der Waals surface area contributed by atoms with Gasteiger partial charge >= 0.3 is 0 Å². The lowest BCUT2D eigenvalue weighted by Crippen LogP contribution is -2.34. The van der Waals surface area contributed by atoms with Gasteiger partial charge in [-0.15, -0.1) is 0 Å². The van der Waals surface area contributed by atoms with Crippen LogP contribution in [0.25, 0.3) is 0 Å². The van der Waals surface area contributed by atoms with Crippen LogP contribution >= 0.6 is 0 Å². The van der Waals surface area contributed by atoms with E-state index in [1.54, 1.807) is 0 Å². The third-order valence-electron chi connectivity index (χ3n) is 3.72. The van der Waals surface area contributed by atoms with Crippen molar-refractivity contribution in [1.29, 1.82) is 0 Å². The Morgan fingerprint density at radius 1 is 1.41 bits per heavy atom. The number of nitrogens with zero attached hydrogens (tertiary/aromatic N) is 1. The van der Waals surface area contributed by atoms with E-state index >= 15 is 0 Å². The maximum Gasteiger partial charge on any atom is 0.168 e. The van der Waals surface area contributed by atoms with E-state index in [0.29, 0.717) is 0 Å². The molecule has 2 aliphatic rings. The molecule has 100 valence electrons. The number of rotatable bonds is 5. The summed E-state index contributed by atoms with van der Waals surface area (Å²) in [7, 11) is 2.07. The lowest BCUT2D eigenvalue weighted by molar-refractivity contribution is -0.163. The van der Waals surface area contributed by atoms with Gasteiger partial charge in [0.2, 0.25) is 0 Å². The number of ether oxygens (including phenoxy) is 2. The SMILES string of the molecule is CC(O)CCN(C)CC1COC2(CCCC2)O1. The molecule has 0 aromatic heterocycles. The fourth-order valence-electron chi connectivity index (χ4n) is 2.73. The predicted molar refractivity (Wildman–Crippen MR) is 65.8 cm³/mol. The van der Waals surface area contributed by atoms with Crippen molar-refractivity contribution in [2.75, 3.05) is 26.7 Å². The molecule has 1 aliphatic heterocycles. The molecule has 1 spiro atoms. The maximum absolute atomic E-state index is 9.25. The van der Waals surface area contributed by atoms with Crippen molar-refractivity contribution in [2.24, 2.45) is 0 Å². The molecule has 4 heteroatoms. The molecule has 0 amide bonds. The van der Waals surface area contributed by atoms with E-state index in [-0.39, 0.29) is 18.0 Å². The number of aliphatic hydroxyl groups is 1. The van der Waals surface area contributed by atoms with Crippen molar-refractivity contribution in [3.05, 3.63) is 0 Å². The van der Waals surface area contributed by atoms with Gasteiger partial charge in [-0.3, -0.25) is 0 Å². The van der Waals surface area contributed by atoms with Crippen LogP contribution in [0.3, 0.4) is 0 Å². The van der Waals surface area contributed by atoms with E-state index < -0.39 is 0 Å². The summed E-state index contributed by atoms with van der Waals surface area (Å²) in [6, 6.07) is 0. The molecule has 1 saturated heterocycles. The third kappa shape index (κ3) is 3.65. The monoisotopic (exact) mass is 243 g/mol. The van der Waals surface area contributed by atoms with E-state index in [2.05, 4.69) is 11.9 Å². The molecule has 1 N–H and O–H groups in total. The Bertz CT molecular complexity index is 239. The minimum absolute atomic E-state index is 0.201. The molecule has 2 unspecified atom stereocenters. The van der Waals surface area contributed by atoms with Crippen LogP contribution < -0.4 is 0 Å². The summed E-state index contributed by atoms with van der Waals surface area (Å²) >= 11 is 0. The lowest BCUT2D eigenvalue weighted by Gasteiger charge is -2.24. The van der Waals surface area contributed by atoms with Gasteiger partial charge in [0.05, 0.1) is 18.8 Å². The summed E-state index contributed by atoms with van der Waals surface area (Å²) in [5.74, 6) is -0.240. The highest BCUT2D eigenvalue weighted by molar-refractivity contribution is 4.84. The van der Waals surface area contributed by atoms with E-state index in [1.165, 1.54) is 12.8 Å². The summed E-state index contributed by atoms with van der Waals surface area (Å²) in [6.45, 7) is 4.36.